The van der Waals surface area contributed by atoms with Crippen LogP contribution in [0.1, 0.15) is 6.42 Å². The lowest BCUT2D eigenvalue weighted by atomic mass is 10.4. The van der Waals surface area contributed by atoms with Gasteiger partial charge in [0.05, 0.1) is 26.3 Å². The van der Waals surface area contributed by atoms with Crippen molar-refractivity contribution in [3.8, 4) is 0 Å². The summed E-state index contributed by atoms with van der Waals surface area (Å²) in [7, 11) is 0. The molecule has 0 atom stereocenters. The largest absolute Gasteiger partial charge is 0.401 e. The average molecular weight is 258 g/mol. The molecule has 0 fully saturated rings. The van der Waals surface area contributed by atoms with Crippen LogP contribution in [0.2, 0.25) is 0 Å². The van der Waals surface area contributed by atoms with Gasteiger partial charge in [-0.05, 0) is 6.42 Å². The minimum absolute atomic E-state index is 0.0618. The number of aliphatic hydroxyl groups is 1. The van der Waals surface area contributed by atoms with Crippen molar-refractivity contribution in [3.63, 3.8) is 0 Å². The van der Waals surface area contributed by atoms with Crippen LogP contribution in [0, 0.1) is 0 Å². The Kier molecular flexibility index (Phi) is 8.73. The van der Waals surface area contributed by atoms with Gasteiger partial charge in [-0.1, -0.05) is 0 Å². The smallest absolute Gasteiger partial charge is 0.394 e. The van der Waals surface area contributed by atoms with E-state index in [9.17, 15) is 18.0 Å². The van der Waals surface area contributed by atoms with Crippen molar-refractivity contribution in [1.82, 2.24) is 10.6 Å². The lowest BCUT2D eigenvalue weighted by Crippen LogP contribution is -2.38. The van der Waals surface area contributed by atoms with Crippen LogP contribution in [-0.4, -0.2) is 56.6 Å². The maximum atomic E-state index is 11.7. The number of nitrogens with one attached hydrogen (secondary N) is 2. The molecule has 0 aliphatic rings. The molecule has 0 unspecified atom stereocenters. The third-order valence-electron chi connectivity index (χ3n) is 1.63. The molecule has 102 valence electrons. The molecule has 0 saturated carbocycles. The number of carbonyl (C=O) groups excluding carboxylic acids is 1. The van der Waals surface area contributed by atoms with Gasteiger partial charge in [-0.3, -0.25) is 4.79 Å². The van der Waals surface area contributed by atoms with E-state index >= 15 is 0 Å². The summed E-state index contributed by atoms with van der Waals surface area (Å²) in [5.41, 5.74) is 0. The Balaban J connectivity index is 3.29. The van der Waals surface area contributed by atoms with Crippen LogP contribution in [0.15, 0.2) is 0 Å². The fourth-order valence-electron chi connectivity index (χ4n) is 0.949. The highest BCUT2D eigenvalue weighted by atomic mass is 19.4. The molecule has 0 saturated heterocycles. The second-order valence-electron chi connectivity index (χ2n) is 3.26. The number of ether oxygens (including phenoxy) is 1. The highest BCUT2D eigenvalue weighted by Crippen LogP contribution is 2.11. The molecule has 8 heteroatoms. The first-order chi connectivity index (χ1) is 7.95. The molecule has 3 N–H and O–H groups in total. The molecule has 1 amide bonds. The van der Waals surface area contributed by atoms with Gasteiger partial charge >= 0.3 is 6.18 Å². The normalized spacial score (nSPS) is 11.5. The molecule has 0 rings (SSSR count). The van der Waals surface area contributed by atoms with Gasteiger partial charge in [0, 0.05) is 13.2 Å². The molecule has 5 nitrogen and oxygen atoms in total. The lowest BCUT2D eigenvalue weighted by Gasteiger charge is -2.08. The quantitative estimate of drug-likeness (QED) is 0.495. The van der Waals surface area contributed by atoms with Crippen molar-refractivity contribution in [2.75, 3.05) is 39.5 Å². The molecular weight excluding hydrogens is 241 g/mol. The first-order valence-electron chi connectivity index (χ1n) is 5.18. The zero-order chi connectivity index (χ0) is 13.1. The zero-order valence-corrected chi connectivity index (χ0v) is 9.35. The standard InChI is InChI=1S/C9H17F3N2O3/c10-9(11,12)7-13-6-8(16)14-2-1-4-17-5-3-15/h13,15H,1-7H2,(H,14,16). The van der Waals surface area contributed by atoms with Crippen molar-refractivity contribution < 1.29 is 27.8 Å². The number of hydrogen-bond acceptors (Lipinski definition) is 4. The molecule has 0 spiro atoms. The second kappa shape index (κ2) is 9.20. The molecule has 0 radical (unpaired) electrons. The highest BCUT2D eigenvalue weighted by molar-refractivity contribution is 5.77. The fraction of sp³-hybridized carbons (Fsp3) is 0.889. The number of alkyl halides is 3. The number of amides is 1. The van der Waals surface area contributed by atoms with E-state index in [4.69, 9.17) is 9.84 Å². The van der Waals surface area contributed by atoms with E-state index < -0.39 is 18.6 Å². The first kappa shape index (κ1) is 16.1. The summed E-state index contributed by atoms with van der Waals surface area (Å²) in [6.45, 7) is -0.652. The number of hydrogen-bond donors (Lipinski definition) is 3. The van der Waals surface area contributed by atoms with E-state index in [1.165, 1.54) is 0 Å². The molecule has 0 heterocycles. The van der Waals surface area contributed by atoms with Crippen molar-refractivity contribution >= 4 is 5.91 Å². The van der Waals surface area contributed by atoms with Gasteiger partial charge in [-0.25, -0.2) is 0 Å². The van der Waals surface area contributed by atoms with Crippen molar-refractivity contribution in [2.45, 2.75) is 12.6 Å². The number of halogens is 3. The predicted octanol–water partition coefficient (Wildman–Crippen LogP) is -0.346. The van der Waals surface area contributed by atoms with E-state index in [2.05, 4.69) is 5.32 Å². The zero-order valence-electron chi connectivity index (χ0n) is 9.35. The predicted molar refractivity (Wildman–Crippen MR) is 54.5 cm³/mol. The SMILES string of the molecule is O=C(CNCC(F)(F)F)NCCCOCCO. The topological polar surface area (TPSA) is 70.6 Å². The summed E-state index contributed by atoms with van der Waals surface area (Å²) < 4.78 is 40.0. The number of carbonyl (C=O) groups is 1. The van der Waals surface area contributed by atoms with Gasteiger partial charge in [0.2, 0.25) is 5.91 Å². The fourth-order valence-corrected chi connectivity index (χ4v) is 0.949. The van der Waals surface area contributed by atoms with Crippen LogP contribution in [0.25, 0.3) is 0 Å². The molecule has 0 aromatic carbocycles. The van der Waals surface area contributed by atoms with E-state index in [0.29, 0.717) is 19.6 Å². The Morgan fingerprint density at radius 1 is 1.29 bits per heavy atom. The molecule has 0 aromatic rings. The minimum atomic E-state index is -4.31. The average Bonchev–Trinajstić information content (AvgIpc) is 2.21. The monoisotopic (exact) mass is 258 g/mol. The van der Waals surface area contributed by atoms with E-state index in [-0.39, 0.29) is 19.8 Å². The maximum Gasteiger partial charge on any atom is 0.401 e. The van der Waals surface area contributed by atoms with E-state index in [1.807, 2.05) is 5.32 Å². The van der Waals surface area contributed by atoms with Gasteiger partial charge in [-0.15, -0.1) is 0 Å². The minimum Gasteiger partial charge on any atom is -0.394 e. The lowest BCUT2D eigenvalue weighted by molar-refractivity contribution is -0.128. The third-order valence-corrected chi connectivity index (χ3v) is 1.63. The van der Waals surface area contributed by atoms with Crippen molar-refractivity contribution in [1.29, 1.82) is 0 Å². The Hall–Kier alpha value is -0.860. The number of rotatable bonds is 9. The Labute approximate surface area is 97.3 Å². The summed E-state index contributed by atoms with van der Waals surface area (Å²) >= 11 is 0. The summed E-state index contributed by atoms with van der Waals surface area (Å²) in [4.78, 5) is 11.0. The van der Waals surface area contributed by atoms with Crippen molar-refractivity contribution in [2.24, 2.45) is 0 Å². The van der Waals surface area contributed by atoms with Gasteiger partial charge < -0.3 is 20.5 Å². The Bertz CT molecular complexity index is 212. The van der Waals surface area contributed by atoms with Crippen molar-refractivity contribution in [3.05, 3.63) is 0 Å². The molecule has 0 aliphatic heterocycles. The summed E-state index contributed by atoms with van der Waals surface area (Å²) in [5, 5.41) is 12.8. The van der Waals surface area contributed by atoms with Gasteiger partial charge in [0.25, 0.3) is 0 Å². The van der Waals surface area contributed by atoms with Crippen LogP contribution in [-0.2, 0) is 9.53 Å². The molecule has 0 bridgehead atoms. The first-order valence-corrected chi connectivity index (χ1v) is 5.18. The highest BCUT2D eigenvalue weighted by Gasteiger charge is 2.26. The van der Waals surface area contributed by atoms with Gasteiger partial charge in [0.1, 0.15) is 0 Å². The van der Waals surface area contributed by atoms with Crippen LogP contribution >= 0.6 is 0 Å². The van der Waals surface area contributed by atoms with Gasteiger partial charge in [-0.2, -0.15) is 13.2 Å². The van der Waals surface area contributed by atoms with Crippen LogP contribution < -0.4 is 10.6 Å². The molecule has 0 aromatic heterocycles. The Morgan fingerprint density at radius 3 is 2.59 bits per heavy atom. The molecular formula is C9H17F3N2O3. The molecule has 17 heavy (non-hydrogen) atoms. The Morgan fingerprint density at radius 2 is 2.00 bits per heavy atom. The van der Waals surface area contributed by atoms with Gasteiger partial charge in [0.15, 0.2) is 0 Å². The third kappa shape index (κ3) is 13.1. The van der Waals surface area contributed by atoms with E-state index in [1.54, 1.807) is 0 Å². The summed E-state index contributed by atoms with van der Waals surface area (Å²) in [5.74, 6) is -0.489. The summed E-state index contributed by atoms with van der Waals surface area (Å²) in [6.07, 6.45) is -3.76. The maximum absolute atomic E-state index is 11.7. The van der Waals surface area contributed by atoms with Crippen LogP contribution in [0.5, 0.6) is 0 Å². The number of aliphatic hydroxyl groups excluding tert-OH is 1. The molecule has 0 aliphatic carbocycles. The van der Waals surface area contributed by atoms with Crippen LogP contribution in [0.4, 0.5) is 13.2 Å². The van der Waals surface area contributed by atoms with Crippen LogP contribution in [0.3, 0.4) is 0 Å². The van der Waals surface area contributed by atoms with E-state index in [0.717, 1.165) is 0 Å². The second-order valence-corrected chi connectivity index (χ2v) is 3.26. The summed E-state index contributed by atoms with van der Waals surface area (Å²) in [6, 6.07) is 0.